The first-order valence-corrected chi connectivity index (χ1v) is 6.84. The summed E-state index contributed by atoms with van der Waals surface area (Å²) in [5.41, 5.74) is 1.65. The molecule has 0 saturated heterocycles. The first-order chi connectivity index (χ1) is 8.72. The van der Waals surface area contributed by atoms with Crippen molar-refractivity contribution in [2.45, 2.75) is 51.2 Å². The minimum absolute atomic E-state index is 0.107. The van der Waals surface area contributed by atoms with Gasteiger partial charge in [0.15, 0.2) is 0 Å². The van der Waals surface area contributed by atoms with Crippen LogP contribution in [0.3, 0.4) is 0 Å². The molecule has 0 spiro atoms. The maximum Gasteiger partial charge on any atom is 0.123 e. The predicted molar refractivity (Wildman–Crippen MR) is 72.2 cm³/mol. The molecule has 0 bridgehead atoms. The highest BCUT2D eigenvalue weighted by Crippen LogP contribution is 2.28. The fourth-order valence-corrected chi connectivity index (χ4v) is 2.87. The normalized spacial score (nSPS) is 17.5. The molecule has 1 aromatic rings. The van der Waals surface area contributed by atoms with Crippen LogP contribution >= 0.6 is 0 Å². The molecule has 0 heterocycles. The van der Waals surface area contributed by atoms with E-state index in [0.29, 0.717) is 11.6 Å². The largest absolute Gasteiger partial charge is 0.392 e. The zero-order valence-corrected chi connectivity index (χ0v) is 11.0. The van der Waals surface area contributed by atoms with Gasteiger partial charge in [0.25, 0.3) is 0 Å². The van der Waals surface area contributed by atoms with Gasteiger partial charge in [-0.25, -0.2) is 4.39 Å². The van der Waals surface area contributed by atoms with E-state index in [4.69, 9.17) is 0 Å². The second-order valence-electron chi connectivity index (χ2n) is 5.19. The monoisotopic (exact) mass is 251 g/mol. The molecule has 2 nitrogen and oxygen atoms in total. The molecule has 100 valence electrons. The number of anilines is 1. The Labute approximate surface area is 108 Å². The van der Waals surface area contributed by atoms with Crippen LogP contribution < -0.4 is 4.90 Å². The average molecular weight is 251 g/mol. The number of nitrogens with zero attached hydrogens (tertiary/aromatic N) is 1. The van der Waals surface area contributed by atoms with Crippen molar-refractivity contribution < 1.29 is 9.50 Å². The molecule has 1 fully saturated rings. The number of hydrogen-bond donors (Lipinski definition) is 1. The SMILES string of the molecule is CN(c1ccc(F)cc1CO)C1CCCCCC1. The fraction of sp³-hybridized carbons (Fsp3) is 0.600. The third kappa shape index (κ3) is 3.02. The van der Waals surface area contributed by atoms with Crippen LogP contribution in [0.2, 0.25) is 0 Å². The highest BCUT2D eigenvalue weighted by molar-refractivity contribution is 5.53. The van der Waals surface area contributed by atoms with Crippen LogP contribution in [-0.2, 0) is 6.61 Å². The van der Waals surface area contributed by atoms with Gasteiger partial charge in [-0.05, 0) is 31.0 Å². The molecule has 0 unspecified atom stereocenters. The predicted octanol–water partition coefficient (Wildman–Crippen LogP) is 3.48. The summed E-state index contributed by atoms with van der Waals surface area (Å²) in [4.78, 5) is 2.22. The van der Waals surface area contributed by atoms with Gasteiger partial charge in [-0.15, -0.1) is 0 Å². The fourth-order valence-electron chi connectivity index (χ4n) is 2.87. The van der Waals surface area contributed by atoms with Gasteiger partial charge in [0.2, 0.25) is 0 Å². The second kappa shape index (κ2) is 6.19. The Bertz CT molecular complexity index is 386. The van der Waals surface area contributed by atoms with Crippen molar-refractivity contribution in [3.05, 3.63) is 29.6 Å². The summed E-state index contributed by atoms with van der Waals surface area (Å²) >= 11 is 0. The number of aliphatic hydroxyl groups excluding tert-OH is 1. The van der Waals surface area contributed by atoms with Gasteiger partial charge in [-0.3, -0.25) is 0 Å². The molecule has 0 atom stereocenters. The Hall–Kier alpha value is -1.09. The van der Waals surface area contributed by atoms with E-state index >= 15 is 0 Å². The maximum absolute atomic E-state index is 13.2. The Morgan fingerprint density at radius 1 is 1.22 bits per heavy atom. The molecule has 0 radical (unpaired) electrons. The van der Waals surface area contributed by atoms with Gasteiger partial charge in [0, 0.05) is 24.3 Å². The molecule has 0 aliphatic heterocycles. The molecule has 1 aromatic carbocycles. The molecular formula is C15H22FNO. The first kappa shape index (κ1) is 13.3. The zero-order chi connectivity index (χ0) is 13.0. The summed E-state index contributed by atoms with van der Waals surface area (Å²) in [5.74, 6) is -0.280. The molecule has 1 N–H and O–H groups in total. The van der Waals surface area contributed by atoms with Crippen molar-refractivity contribution >= 4 is 5.69 Å². The van der Waals surface area contributed by atoms with Gasteiger partial charge in [-0.2, -0.15) is 0 Å². The molecule has 1 aliphatic rings. The highest BCUT2D eigenvalue weighted by atomic mass is 19.1. The van der Waals surface area contributed by atoms with E-state index in [-0.39, 0.29) is 12.4 Å². The van der Waals surface area contributed by atoms with E-state index in [1.807, 2.05) is 0 Å². The van der Waals surface area contributed by atoms with Crippen LogP contribution in [0, 0.1) is 5.82 Å². The van der Waals surface area contributed by atoms with Crippen molar-refractivity contribution in [2.24, 2.45) is 0 Å². The van der Waals surface area contributed by atoms with Crippen LogP contribution in [0.15, 0.2) is 18.2 Å². The van der Waals surface area contributed by atoms with Crippen molar-refractivity contribution in [3.63, 3.8) is 0 Å². The van der Waals surface area contributed by atoms with E-state index in [1.54, 1.807) is 6.07 Å². The molecule has 2 rings (SSSR count). The van der Waals surface area contributed by atoms with Gasteiger partial charge in [-0.1, -0.05) is 25.7 Å². The summed E-state index contributed by atoms with van der Waals surface area (Å²) in [6.07, 6.45) is 7.56. The molecule has 0 aromatic heterocycles. The van der Waals surface area contributed by atoms with E-state index in [2.05, 4.69) is 11.9 Å². The van der Waals surface area contributed by atoms with Crippen LogP contribution in [0.1, 0.15) is 44.1 Å². The van der Waals surface area contributed by atoms with Gasteiger partial charge in [0.05, 0.1) is 6.61 Å². The van der Waals surface area contributed by atoms with E-state index in [1.165, 1.54) is 50.7 Å². The van der Waals surface area contributed by atoms with Crippen molar-refractivity contribution in [1.82, 2.24) is 0 Å². The van der Waals surface area contributed by atoms with Crippen LogP contribution in [0.25, 0.3) is 0 Å². The Morgan fingerprint density at radius 2 is 1.89 bits per heavy atom. The van der Waals surface area contributed by atoms with E-state index in [9.17, 15) is 9.50 Å². The van der Waals surface area contributed by atoms with Crippen molar-refractivity contribution in [2.75, 3.05) is 11.9 Å². The molecule has 18 heavy (non-hydrogen) atoms. The summed E-state index contributed by atoms with van der Waals surface area (Å²) < 4.78 is 13.2. The van der Waals surface area contributed by atoms with Crippen molar-refractivity contribution in [3.8, 4) is 0 Å². The van der Waals surface area contributed by atoms with Crippen LogP contribution in [-0.4, -0.2) is 18.2 Å². The summed E-state index contributed by atoms with van der Waals surface area (Å²) in [7, 11) is 2.06. The summed E-state index contributed by atoms with van der Waals surface area (Å²) in [6.45, 7) is -0.107. The topological polar surface area (TPSA) is 23.5 Å². The lowest BCUT2D eigenvalue weighted by Gasteiger charge is -2.30. The minimum atomic E-state index is -0.280. The lowest BCUT2D eigenvalue weighted by molar-refractivity contribution is 0.281. The quantitative estimate of drug-likeness (QED) is 0.831. The Balaban J connectivity index is 2.18. The molecule has 1 aliphatic carbocycles. The van der Waals surface area contributed by atoms with Gasteiger partial charge < -0.3 is 10.0 Å². The Kier molecular flexibility index (Phi) is 4.59. The lowest BCUT2D eigenvalue weighted by Crippen LogP contribution is -2.31. The van der Waals surface area contributed by atoms with Crippen molar-refractivity contribution in [1.29, 1.82) is 0 Å². The zero-order valence-electron chi connectivity index (χ0n) is 11.0. The number of halogens is 1. The maximum atomic E-state index is 13.2. The van der Waals surface area contributed by atoms with Gasteiger partial charge >= 0.3 is 0 Å². The molecule has 0 amide bonds. The summed E-state index contributed by atoms with van der Waals surface area (Å²) in [6, 6.07) is 5.21. The minimum Gasteiger partial charge on any atom is -0.392 e. The third-order valence-electron chi connectivity index (χ3n) is 3.96. The average Bonchev–Trinajstić information content (AvgIpc) is 2.66. The number of aliphatic hydroxyl groups is 1. The van der Waals surface area contributed by atoms with Crippen LogP contribution in [0.4, 0.5) is 10.1 Å². The van der Waals surface area contributed by atoms with Crippen LogP contribution in [0.5, 0.6) is 0 Å². The number of rotatable bonds is 3. The van der Waals surface area contributed by atoms with Gasteiger partial charge in [0.1, 0.15) is 5.82 Å². The molecule has 1 saturated carbocycles. The number of benzene rings is 1. The summed E-state index contributed by atoms with van der Waals surface area (Å²) in [5, 5.41) is 9.35. The first-order valence-electron chi connectivity index (χ1n) is 6.84. The van der Waals surface area contributed by atoms with E-state index in [0.717, 1.165) is 5.69 Å². The number of hydrogen-bond acceptors (Lipinski definition) is 2. The molecule has 3 heteroatoms. The second-order valence-corrected chi connectivity index (χ2v) is 5.19. The highest BCUT2D eigenvalue weighted by Gasteiger charge is 2.19. The van der Waals surface area contributed by atoms with E-state index < -0.39 is 0 Å². The Morgan fingerprint density at radius 3 is 2.50 bits per heavy atom. The third-order valence-corrected chi connectivity index (χ3v) is 3.96. The smallest absolute Gasteiger partial charge is 0.123 e. The lowest BCUT2D eigenvalue weighted by atomic mass is 10.0. The molecular weight excluding hydrogens is 229 g/mol. The standard InChI is InChI=1S/C15H22FNO/c1-17(14-6-4-2-3-5-7-14)15-9-8-13(16)10-12(15)11-18/h8-10,14,18H,2-7,11H2,1H3.